The first-order valence-corrected chi connectivity index (χ1v) is 9.61. The van der Waals surface area contributed by atoms with Crippen LogP contribution in [0.2, 0.25) is 0 Å². The predicted octanol–water partition coefficient (Wildman–Crippen LogP) is 5.20. The molecule has 2 aromatic carbocycles. The first-order valence-electron chi connectivity index (χ1n) is 7.85. The van der Waals surface area contributed by atoms with Crippen LogP contribution in [0.1, 0.15) is 6.42 Å². The van der Waals surface area contributed by atoms with Crippen LogP contribution in [-0.2, 0) is 0 Å². The Hall–Kier alpha value is -0.860. The van der Waals surface area contributed by atoms with Gasteiger partial charge in [0.1, 0.15) is 0 Å². The van der Waals surface area contributed by atoms with Gasteiger partial charge >= 0.3 is 0 Å². The molecule has 0 N–H and O–H groups in total. The van der Waals surface area contributed by atoms with Gasteiger partial charge in [-0.3, -0.25) is 0 Å². The summed E-state index contributed by atoms with van der Waals surface area (Å²) in [4.78, 5) is 2.92. The van der Waals surface area contributed by atoms with Crippen LogP contribution >= 0.6 is 23.5 Å². The van der Waals surface area contributed by atoms with E-state index in [1.165, 1.54) is 16.2 Å². The van der Waals surface area contributed by atoms with E-state index < -0.39 is 0 Å². The molecule has 4 atom stereocenters. The molecule has 2 unspecified atom stereocenters. The Bertz CT molecular complexity index is 584. The minimum Gasteiger partial charge on any atom is -0.122 e. The van der Waals surface area contributed by atoms with Crippen LogP contribution in [-0.4, -0.2) is 10.5 Å². The lowest BCUT2D eigenvalue weighted by molar-refractivity contribution is 0.626. The Labute approximate surface area is 134 Å². The molecule has 0 amide bonds. The van der Waals surface area contributed by atoms with Crippen molar-refractivity contribution in [2.45, 2.75) is 26.7 Å². The maximum Gasteiger partial charge on any atom is 0.0168 e. The van der Waals surface area contributed by atoms with Crippen molar-refractivity contribution in [3.05, 3.63) is 60.7 Å². The van der Waals surface area contributed by atoms with Gasteiger partial charge in [0.2, 0.25) is 0 Å². The molecule has 0 saturated heterocycles. The van der Waals surface area contributed by atoms with Crippen LogP contribution in [0.3, 0.4) is 0 Å². The van der Waals surface area contributed by atoms with Crippen molar-refractivity contribution in [1.82, 2.24) is 0 Å². The lowest BCUT2D eigenvalue weighted by Gasteiger charge is -2.20. The van der Waals surface area contributed by atoms with Crippen LogP contribution in [0, 0.1) is 23.7 Å². The Balaban J connectivity index is 1.34. The fourth-order valence-electron chi connectivity index (χ4n) is 4.65. The third kappa shape index (κ3) is 1.99. The van der Waals surface area contributed by atoms with Gasteiger partial charge in [-0.2, -0.15) is 0 Å². The zero-order valence-electron chi connectivity index (χ0n) is 11.8. The Kier molecular flexibility index (Phi) is 2.91. The summed E-state index contributed by atoms with van der Waals surface area (Å²) in [6, 6.07) is 22.0. The standard InChI is InChI=1S/C19H18S2/c1-3-7-12(8-4-1)20-18-15-11-14-16(18)17(14)19(15)21-13-9-5-2-6-10-13/h1-10,14-19H,11H2/t14?,15?,16?,17?,18-,19-/m0/s1. The van der Waals surface area contributed by atoms with Crippen LogP contribution in [0.25, 0.3) is 0 Å². The molecule has 106 valence electrons. The van der Waals surface area contributed by atoms with Crippen molar-refractivity contribution < 1.29 is 0 Å². The van der Waals surface area contributed by atoms with Gasteiger partial charge in [-0.05, 0) is 54.4 Å². The first kappa shape index (κ1) is 12.7. The molecule has 21 heavy (non-hydrogen) atoms. The van der Waals surface area contributed by atoms with E-state index in [2.05, 4.69) is 84.2 Å². The number of hydrogen-bond acceptors (Lipinski definition) is 2. The minimum atomic E-state index is 0.878. The molecule has 0 aliphatic heterocycles. The van der Waals surface area contributed by atoms with E-state index in [0.29, 0.717) is 0 Å². The van der Waals surface area contributed by atoms with E-state index in [4.69, 9.17) is 0 Å². The summed E-state index contributed by atoms with van der Waals surface area (Å²) in [6.07, 6.45) is 1.49. The topological polar surface area (TPSA) is 0 Å². The van der Waals surface area contributed by atoms with Crippen molar-refractivity contribution >= 4 is 23.5 Å². The maximum atomic E-state index is 2.27. The average Bonchev–Trinajstić information content (AvgIpc) is 2.79. The van der Waals surface area contributed by atoms with Gasteiger partial charge in [-0.1, -0.05) is 36.4 Å². The van der Waals surface area contributed by atoms with E-state index in [-0.39, 0.29) is 0 Å². The number of rotatable bonds is 4. The zero-order chi connectivity index (χ0) is 13.8. The van der Waals surface area contributed by atoms with Gasteiger partial charge in [-0.25, -0.2) is 0 Å². The molecule has 4 saturated carbocycles. The number of thioether (sulfide) groups is 2. The summed E-state index contributed by atoms with van der Waals surface area (Å²) in [6.45, 7) is 0. The summed E-state index contributed by atoms with van der Waals surface area (Å²) in [5.41, 5.74) is 0. The van der Waals surface area contributed by atoms with E-state index in [0.717, 1.165) is 34.2 Å². The largest absolute Gasteiger partial charge is 0.122 e. The van der Waals surface area contributed by atoms with Crippen molar-refractivity contribution in [3.63, 3.8) is 0 Å². The molecule has 4 fully saturated rings. The number of benzene rings is 2. The Morgan fingerprint density at radius 2 is 1.10 bits per heavy atom. The molecule has 0 radical (unpaired) electrons. The molecule has 4 aliphatic rings. The second kappa shape index (κ2) is 4.82. The van der Waals surface area contributed by atoms with Crippen molar-refractivity contribution in [2.75, 3.05) is 0 Å². The van der Waals surface area contributed by atoms with Gasteiger partial charge in [0.25, 0.3) is 0 Å². The summed E-state index contributed by atoms with van der Waals surface area (Å²) >= 11 is 4.30. The highest BCUT2D eigenvalue weighted by Crippen LogP contribution is 2.76. The van der Waals surface area contributed by atoms with Gasteiger partial charge < -0.3 is 0 Å². The predicted molar refractivity (Wildman–Crippen MR) is 90.8 cm³/mol. The van der Waals surface area contributed by atoms with E-state index in [9.17, 15) is 0 Å². The highest BCUT2D eigenvalue weighted by atomic mass is 32.2. The summed E-state index contributed by atoms with van der Waals surface area (Å²) in [7, 11) is 0. The molecule has 0 aromatic heterocycles. The van der Waals surface area contributed by atoms with Gasteiger partial charge in [-0.15, -0.1) is 23.5 Å². The molecular weight excluding hydrogens is 292 g/mol. The normalized spacial score (nSPS) is 38.7. The molecule has 2 heteroatoms. The minimum absolute atomic E-state index is 0.878. The van der Waals surface area contributed by atoms with Gasteiger partial charge in [0, 0.05) is 20.3 Å². The molecule has 0 heterocycles. The highest BCUT2D eigenvalue weighted by Gasteiger charge is 2.73. The van der Waals surface area contributed by atoms with Crippen LogP contribution in [0.5, 0.6) is 0 Å². The van der Waals surface area contributed by atoms with Crippen LogP contribution < -0.4 is 0 Å². The third-order valence-electron chi connectivity index (χ3n) is 5.47. The van der Waals surface area contributed by atoms with Crippen LogP contribution in [0.4, 0.5) is 0 Å². The molecular formula is C19H18S2. The molecule has 4 bridgehead atoms. The van der Waals surface area contributed by atoms with Crippen molar-refractivity contribution in [2.24, 2.45) is 23.7 Å². The SMILES string of the molecule is c1ccc(S[C@@H]2C3C4CC2[C@H](Sc2ccccc2)C43)cc1. The zero-order valence-corrected chi connectivity index (χ0v) is 13.4. The van der Waals surface area contributed by atoms with Gasteiger partial charge in [0.05, 0.1) is 0 Å². The summed E-state index contributed by atoms with van der Waals surface area (Å²) < 4.78 is 0. The Morgan fingerprint density at radius 1 is 0.619 bits per heavy atom. The highest BCUT2D eigenvalue weighted by molar-refractivity contribution is 8.01. The Morgan fingerprint density at radius 3 is 1.52 bits per heavy atom. The average molecular weight is 310 g/mol. The number of hydrogen-bond donors (Lipinski definition) is 0. The molecule has 0 nitrogen and oxygen atoms in total. The second-order valence-corrected chi connectivity index (χ2v) is 9.01. The third-order valence-corrected chi connectivity index (χ3v) is 8.43. The van der Waals surface area contributed by atoms with Crippen molar-refractivity contribution in [3.8, 4) is 0 Å². The lowest BCUT2D eigenvalue weighted by atomic mass is 10.1. The summed E-state index contributed by atoms with van der Waals surface area (Å²) in [5.74, 6) is 4.01. The second-order valence-electron chi connectivity index (χ2n) is 6.51. The smallest absolute Gasteiger partial charge is 0.0168 e. The molecule has 0 spiro atoms. The monoisotopic (exact) mass is 310 g/mol. The summed E-state index contributed by atoms with van der Waals surface area (Å²) in [5, 5.41) is 1.76. The van der Waals surface area contributed by atoms with Crippen LogP contribution in [0.15, 0.2) is 70.5 Å². The quantitative estimate of drug-likeness (QED) is 0.761. The molecule has 2 aromatic rings. The molecule has 4 aliphatic carbocycles. The fourth-order valence-corrected chi connectivity index (χ4v) is 8.00. The van der Waals surface area contributed by atoms with E-state index >= 15 is 0 Å². The maximum absolute atomic E-state index is 2.27. The first-order chi connectivity index (χ1) is 10.4. The van der Waals surface area contributed by atoms with E-state index in [1.807, 2.05) is 0 Å². The molecule has 6 rings (SSSR count). The fraction of sp³-hybridized carbons (Fsp3) is 0.368. The lowest BCUT2D eigenvalue weighted by Crippen LogP contribution is -2.15. The van der Waals surface area contributed by atoms with E-state index in [1.54, 1.807) is 0 Å². The van der Waals surface area contributed by atoms with Crippen molar-refractivity contribution in [1.29, 1.82) is 0 Å². The van der Waals surface area contributed by atoms with Gasteiger partial charge in [0.15, 0.2) is 0 Å².